The topological polar surface area (TPSA) is 41.5 Å². The molecule has 0 aliphatic carbocycles. The van der Waals surface area contributed by atoms with E-state index in [2.05, 4.69) is 17.5 Å². The zero-order valence-corrected chi connectivity index (χ0v) is 10.5. The second kappa shape index (κ2) is 12.0. The quantitative estimate of drug-likeness (QED) is 0.364. The molecule has 0 aromatic carbocycles. The van der Waals surface area contributed by atoms with Gasteiger partial charge in [0, 0.05) is 12.6 Å². The average Bonchev–Trinajstić information content (AvgIpc) is 2.29. The van der Waals surface area contributed by atoms with Crippen molar-refractivity contribution in [1.82, 2.24) is 5.43 Å². The maximum absolute atomic E-state index is 11.2. The summed E-state index contributed by atoms with van der Waals surface area (Å²) < 4.78 is 0. The third kappa shape index (κ3) is 11.0. The normalized spacial score (nSPS) is 11.4. The molecule has 0 aromatic rings. The maximum Gasteiger partial charge on any atom is 0.240 e. The molecule has 0 radical (unpaired) electrons. The van der Waals surface area contributed by atoms with Crippen LogP contribution in [-0.4, -0.2) is 12.1 Å². The van der Waals surface area contributed by atoms with Crippen LogP contribution in [0.3, 0.4) is 0 Å². The first-order chi connectivity index (χ1) is 7.81. The lowest BCUT2D eigenvalue weighted by molar-refractivity contribution is -0.121. The molecule has 0 bridgehead atoms. The molecule has 1 N–H and O–H groups in total. The highest BCUT2D eigenvalue weighted by molar-refractivity contribution is 5.78. The maximum atomic E-state index is 11.2. The lowest BCUT2D eigenvalue weighted by Gasteiger charge is -2.00. The SMILES string of the molecule is CC=CC=NNC(=O)CCCCCCCC. The van der Waals surface area contributed by atoms with Gasteiger partial charge in [-0.1, -0.05) is 45.1 Å². The molecule has 0 rings (SSSR count). The molecule has 16 heavy (non-hydrogen) atoms. The molecule has 0 saturated heterocycles. The van der Waals surface area contributed by atoms with Crippen LogP contribution in [0.2, 0.25) is 0 Å². The van der Waals surface area contributed by atoms with E-state index in [0.717, 1.165) is 12.8 Å². The third-order valence-electron chi connectivity index (χ3n) is 2.30. The van der Waals surface area contributed by atoms with Gasteiger partial charge in [-0.25, -0.2) is 5.43 Å². The van der Waals surface area contributed by atoms with Crippen molar-refractivity contribution >= 4 is 12.1 Å². The zero-order chi connectivity index (χ0) is 12.1. The summed E-state index contributed by atoms with van der Waals surface area (Å²) in [6.07, 6.45) is 13.0. The van der Waals surface area contributed by atoms with Gasteiger partial charge in [0.2, 0.25) is 5.91 Å². The Balaban J connectivity index is 3.30. The van der Waals surface area contributed by atoms with E-state index in [4.69, 9.17) is 0 Å². The Morgan fingerprint density at radius 2 is 1.88 bits per heavy atom. The molecular weight excluding hydrogens is 200 g/mol. The second-order valence-electron chi connectivity index (χ2n) is 3.86. The van der Waals surface area contributed by atoms with Gasteiger partial charge in [-0.05, 0) is 19.4 Å². The minimum atomic E-state index is 0.0104. The summed E-state index contributed by atoms with van der Waals surface area (Å²) in [4.78, 5) is 11.2. The van der Waals surface area contributed by atoms with Crippen molar-refractivity contribution < 1.29 is 4.79 Å². The van der Waals surface area contributed by atoms with Crippen LogP contribution in [0.1, 0.15) is 58.8 Å². The average molecular weight is 224 g/mol. The first kappa shape index (κ1) is 14.9. The molecule has 3 nitrogen and oxygen atoms in total. The predicted molar refractivity (Wildman–Crippen MR) is 69.4 cm³/mol. The molecule has 0 aromatic heterocycles. The fourth-order valence-electron chi connectivity index (χ4n) is 1.36. The summed E-state index contributed by atoms with van der Waals surface area (Å²) in [6.45, 7) is 4.11. The van der Waals surface area contributed by atoms with Gasteiger partial charge in [-0.15, -0.1) is 0 Å². The lowest BCUT2D eigenvalue weighted by Crippen LogP contribution is -2.16. The Labute approximate surface area is 99.0 Å². The van der Waals surface area contributed by atoms with Gasteiger partial charge in [0.15, 0.2) is 0 Å². The summed E-state index contributed by atoms with van der Waals surface area (Å²) >= 11 is 0. The summed E-state index contributed by atoms with van der Waals surface area (Å²) in [5.74, 6) is 0.0104. The van der Waals surface area contributed by atoms with Gasteiger partial charge in [0.25, 0.3) is 0 Å². The summed E-state index contributed by atoms with van der Waals surface area (Å²) in [5.41, 5.74) is 2.50. The zero-order valence-electron chi connectivity index (χ0n) is 10.5. The van der Waals surface area contributed by atoms with Gasteiger partial charge >= 0.3 is 0 Å². The van der Waals surface area contributed by atoms with Crippen molar-refractivity contribution in [2.75, 3.05) is 0 Å². The highest BCUT2D eigenvalue weighted by atomic mass is 16.2. The van der Waals surface area contributed by atoms with E-state index in [1.165, 1.54) is 25.7 Å². The number of carbonyl (C=O) groups excluding carboxylic acids is 1. The summed E-state index contributed by atoms with van der Waals surface area (Å²) in [6, 6.07) is 0. The van der Waals surface area contributed by atoms with Crippen LogP contribution < -0.4 is 5.43 Å². The standard InChI is InChI=1S/C13H24N2O/c1-3-5-7-8-9-10-11-13(16)15-14-12-6-4-2/h4,6,12H,3,5,7-11H2,1-2H3,(H,15,16). The molecule has 0 unspecified atom stereocenters. The van der Waals surface area contributed by atoms with Crippen LogP contribution >= 0.6 is 0 Å². The van der Waals surface area contributed by atoms with Crippen molar-refractivity contribution in [3.63, 3.8) is 0 Å². The van der Waals surface area contributed by atoms with E-state index in [-0.39, 0.29) is 5.91 Å². The van der Waals surface area contributed by atoms with Crippen LogP contribution in [0, 0.1) is 0 Å². The van der Waals surface area contributed by atoms with E-state index < -0.39 is 0 Å². The number of hydrazone groups is 1. The minimum absolute atomic E-state index is 0.0104. The number of carbonyl (C=O) groups is 1. The molecule has 3 heteroatoms. The Kier molecular flexibility index (Phi) is 11.1. The molecule has 0 spiro atoms. The van der Waals surface area contributed by atoms with E-state index in [0.29, 0.717) is 6.42 Å². The molecule has 0 aliphatic heterocycles. The first-order valence-corrected chi connectivity index (χ1v) is 6.24. The number of hydrogen-bond donors (Lipinski definition) is 1. The van der Waals surface area contributed by atoms with Crippen molar-refractivity contribution in [2.45, 2.75) is 58.8 Å². The number of amides is 1. The van der Waals surface area contributed by atoms with Gasteiger partial charge in [0.05, 0.1) is 0 Å². The number of nitrogens with one attached hydrogen (secondary N) is 1. The molecule has 0 atom stereocenters. The fraction of sp³-hybridized carbons (Fsp3) is 0.692. The second-order valence-corrected chi connectivity index (χ2v) is 3.86. The molecule has 92 valence electrons. The van der Waals surface area contributed by atoms with Gasteiger partial charge < -0.3 is 0 Å². The number of hydrogen-bond acceptors (Lipinski definition) is 2. The molecule has 1 amide bonds. The van der Waals surface area contributed by atoms with E-state index >= 15 is 0 Å². The monoisotopic (exact) mass is 224 g/mol. The number of rotatable bonds is 9. The molecular formula is C13H24N2O. The minimum Gasteiger partial charge on any atom is -0.273 e. The smallest absolute Gasteiger partial charge is 0.240 e. The third-order valence-corrected chi connectivity index (χ3v) is 2.30. The van der Waals surface area contributed by atoms with E-state index in [1.807, 2.05) is 13.0 Å². The largest absolute Gasteiger partial charge is 0.273 e. The number of allylic oxidation sites excluding steroid dienone is 2. The van der Waals surface area contributed by atoms with Gasteiger partial charge in [-0.2, -0.15) is 5.10 Å². The van der Waals surface area contributed by atoms with Crippen LogP contribution in [-0.2, 0) is 4.79 Å². The van der Waals surface area contributed by atoms with Crippen LogP contribution in [0.4, 0.5) is 0 Å². The molecule has 0 heterocycles. The molecule has 0 fully saturated rings. The Morgan fingerprint density at radius 3 is 2.56 bits per heavy atom. The number of nitrogens with zero attached hydrogens (tertiary/aromatic N) is 1. The highest BCUT2D eigenvalue weighted by Gasteiger charge is 1.98. The van der Waals surface area contributed by atoms with Gasteiger partial charge in [-0.3, -0.25) is 4.79 Å². The van der Waals surface area contributed by atoms with Crippen LogP contribution in [0.25, 0.3) is 0 Å². The predicted octanol–water partition coefficient (Wildman–Crippen LogP) is 3.42. The Hall–Kier alpha value is -1.12. The Morgan fingerprint density at radius 1 is 1.19 bits per heavy atom. The highest BCUT2D eigenvalue weighted by Crippen LogP contribution is 2.06. The van der Waals surface area contributed by atoms with E-state index in [9.17, 15) is 4.79 Å². The Bertz CT molecular complexity index is 222. The van der Waals surface area contributed by atoms with Crippen LogP contribution in [0.15, 0.2) is 17.3 Å². The van der Waals surface area contributed by atoms with Crippen LogP contribution in [0.5, 0.6) is 0 Å². The lowest BCUT2D eigenvalue weighted by atomic mass is 10.1. The summed E-state index contributed by atoms with van der Waals surface area (Å²) in [7, 11) is 0. The van der Waals surface area contributed by atoms with Gasteiger partial charge in [0.1, 0.15) is 0 Å². The fourth-order valence-corrected chi connectivity index (χ4v) is 1.36. The molecule has 0 saturated carbocycles. The first-order valence-electron chi connectivity index (χ1n) is 6.24. The summed E-state index contributed by atoms with van der Waals surface area (Å²) in [5, 5.41) is 3.78. The molecule has 0 aliphatic rings. The van der Waals surface area contributed by atoms with Crippen molar-refractivity contribution in [2.24, 2.45) is 5.10 Å². The number of unbranched alkanes of at least 4 members (excludes halogenated alkanes) is 5. The van der Waals surface area contributed by atoms with Crippen molar-refractivity contribution in [3.8, 4) is 0 Å². The van der Waals surface area contributed by atoms with Crippen molar-refractivity contribution in [3.05, 3.63) is 12.2 Å². The van der Waals surface area contributed by atoms with E-state index in [1.54, 1.807) is 12.3 Å². The van der Waals surface area contributed by atoms with Crippen molar-refractivity contribution in [1.29, 1.82) is 0 Å².